The number of halogens is 4. The maximum atomic E-state index is 14.2. The lowest BCUT2D eigenvalue weighted by molar-refractivity contribution is 0.193. The molecule has 50 heavy (non-hydrogen) atoms. The second-order valence-corrected chi connectivity index (χ2v) is 15.6. The minimum atomic E-state index is -2.32. The number of hydrogen-bond donors (Lipinski definition) is 1. The Balaban J connectivity index is 1.30. The van der Waals surface area contributed by atoms with Crippen LogP contribution in [0.15, 0.2) is 172 Å². The smallest absolute Gasteiger partial charge is 0.401 e. The molecular weight excluding hydrogens is 720 g/mol. The predicted molar refractivity (Wildman–Crippen MR) is 198 cm³/mol. The minimum Gasteiger partial charge on any atom is -0.401 e. The summed E-state index contributed by atoms with van der Waals surface area (Å²) < 4.78 is 56.1. The summed E-state index contributed by atoms with van der Waals surface area (Å²) in [5.74, 6) is -0.682. The van der Waals surface area contributed by atoms with Crippen LogP contribution >= 0.6 is 26.2 Å². The summed E-state index contributed by atoms with van der Waals surface area (Å²) in [7, 11) is -3.89. The van der Waals surface area contributed by atoms with Crippen molar-refractivity contribution in [1.29, 1.82) is 0 Å². The van der Waals surface area contributed by atoms with Gasteiger partial charge in [-0.2, -0.15) is 0 Å². The van der Waals surface area contributed by atoms with Crippen LogP contribution in [0.25, 0.3) is 0 Å². The van der Waals surface area contributed by atoms with Crippen LogP contribution in [0.5, 0.6) is 0 Å². The van der Waals surface area contributed by atoms with E-state index in [0.29, 0.717) is 18.6 Å². The molecule has 6 aromatic carbocycles. The van der Waals surface area contributed by atoms with E-state index < -0.39 is 40.5 Å². The van der Waals surface area contributed by atoms with E-state index in [4.69, 9.17) is 8.75 Å². The van der Waals surface area contributed by atoms with Crippen molar-refractivity contribution in [2.45, 2.75) is 33.8 Å². The molecule has 0 unspecified atom stereocenters. The average Bonchev–Trinajstić information content (AvgIpc) is 3.14. The first kappa shape index (κ1) is 35.7. The summed E-state index contributed by atoms with van der Waals surface area (Å²) in [6.45, 7) is 0.101. The number of benzene rings is 6. The fourth-order valence-corrected chi connectivity index (χ4v) is 9.72. The number of rotatable bonds is 14. The standard InChI is InChI=1S/C41H35BBrF3O3S/c43-35-20-12-31(13-21-35)30-50(39-8-3-1-4-9-39,40-10-5-2-6-11-40)49-42(47)48-29-7-28-41(32-14-22-36(44)23-15-32,33-16-24-37(45)25-17-33)34-18-26-38(46)27-19-34/h1-6,8-27,47H,7,28-30H2. The van der Waals surface area contributed by atoms with Crippen molar-refractivity contribution < 1.29 is 27.0 Å². The zero-order valence-electron chi connectivity index (χ0n) is 27.1. The van der Waals surface area contributed by atoms with Gasteiger partial charge in [-0.3, -0.25) is 0 Å². The minimum absolute atomic E-state index is 0.101. The van der Waals surface area contributed by atoms with E-state index in [1.807, 2.05) is 84.9 Å². The molecule has 6 rings (SSSR count). The summed E-state index contributed by atoms with van der Waals surface area (Å²) in [5, 5.41) is 11.4. The van der Waals surface area contributed by atoms with E-state index in [9.17, 15) is 18.2 Å². The van der Waals surface area contributed by atoms with Gasteiger partial charge in [-0.15, -0.1) is 0 Å². The van der Waals surface area contributed by atoms with E-state index in [2.05, 4.69) is 15.9 Å². The van der Waals surface area contributed by atoms with Crippen LogP contribution in [0.4, 0.5) is 13.2 Å². The molecule has 0 heterocycles. The van der Waals surface area contributed by atoms with E-state index in [0.717, 1.165) is 36.5 Å². The Hall–Kier alpha value is -4.12. The molecular formula is C41H35BBrF3O3S. The zero-order valence-corrected chi connectivity index (χ0v) is 29.5. The lowest BCUT2D eigenvalue weighted by atomic mass is 9.67. The molecule has 0 bridgehead atoms. The Bertz CT molecular complexity index is 1800. The topological polar surface area (TPSA) is 38.7 Å². The van der Waals surface area contributed by atoms with Crippen molar-refractivity contribution in [3.8, 4) is 0 Å². The highest BCUT2D eigenvalue weighted by Crippen LogP contribution is 2.65. The third kappa shape index (κ3) is 8.09. The van der Waals surface area contributed by atoms with Gasteiger partial charge >= 0.3 is 7.32 Å². The van der Waals surface area contributed by atoms with Crippen molar-refractivity contribution in [2.75, 3.05) is 6.61 Å². The molecule has 0 spiro atoms. The van der Waals surface area contributed by atoms with Crippen LogP contribution < -0.4 is 0 Å². The molecule has 0 fully saturated rings. The normalized spacial score (nSPS) is 12.1. The van der Waals surface area contributed by atoms with Crippen molar-refractivity contribution >= 4 is 33.6 Å². The van der Waals surface area contributed by atoms with Gasteiger partial charge < -0.3 is 13.8 Å². The predicted octanol–water partition coefficient (Wildman–Crippen LogP) is 11.0. The molecule has 9 heteroatoms. The fraction of sp³-hybridized carbons (Fsp3) is 0.122. The highest BCUT2D eigenvalue weighted by Gasteiger charge is 2.38. The van der Waals surface area contributed by atoms with Crippen molar-refractivity contribution in [3.63, 3.8) is 0 Å². The summed E-state index contributed by atoms with van der Waals surface area (Å²) in [4.78, 5) is 1.86. The van der Waals surface area contributed by atoms with Crippen LogP contribution in [-0.2, 0) is 19.9 Å². The Morgan fingerprint density at radius 1 is 0.580 bits per heavy atom. The van der Waals surface area contributed by atoms with Crippen molar-refractivity contribution in [2.24, 2.45) is 0 Å². The van der Waals surface area contributed by atoms with Gasteiger partial charge in [0.1, 0.15) is 17.5 Å². The van der Waals surface area contributed by atoms with Gasteiger partial charge in [-0.1, -0.05) is 111 Å². The first-order chi connectivity index (χ1) is 24.3. The van der Waals surface area contributed by atoms with Crippen LogP contribution in [-0.4, -0.2) is 19.0 Å². The maximum Gasteiger partial charge on any atom is 0.647 e. The Morgan fingerprint density at radius 2 is 1.00 bits per heavy atom. The van der Waals surface area contributed by atoms with Gasteiger partial charge in [0.2, 0.25) is 0 Å². The Morgan fingerprint density at radius 3 is 1.42 bits per heavy atom. The lowest BCUT2D eigenvalue weighted by Gasteiger charge is -2.41. The van der Waals surface area contributed by atoms with Crippen LogP contribution in [0, 0.1) is 17.5 Å². The highest BCUT2D eigenvalue weighted by atomic mass is 79.9. The molecule has 0 saturated heterocycles. The Labute approximate surface area is 301 Å². The molecule has 0 saturated carbocycles. The average molecular weight is 756 g/mol. The third-order valence-electron chi connectivity index (χ3n) is 8.75. The molecule has 0 aromatic heterocycles. The van der Waals surface area contributed by atoms with Gasteiger partial charge in [0.05, 0.1) is 0 Å². The van der Waals surface area contributed by atoms with Crippen LogP contribution in [0.1, 0.15) is 35.1 Å². The van der Waals surface area contributed by atoms with Crippen LogP contribution in [0.2, 0.25) is 0 Å². The fourth-order valence-electron chi connectivity index (χ4n) is 6.37. The van der Waals surface area contributed by atoms with Crippen molar-refractivity contribution in [1.82, 2.24) is 0 Å². The highest BCUT2D eigenvalue weighted by molar-refractivity contribution is 9.10. The second-order valence-electron chi connectivity index (χ2n) is 11.9. The summed E-state index contributed by atoms with van der Waals surface area (Å²) >= 11 is 3.52. The van der Waals surface area contributed by atoms with Gasteiger partial charge in [-0.05, 0) is 108 Å². The van der Waals surface area contributed by atoms with Gasteiger partial charge in [0, 0.05) is 32.0 Å². The zero-order chi connectivity index (χ0) is 35.0. The van der Waals surface area contributed by atoms with Crippen LogP contribution in [0.3, 0.4) is 0 Å². The van der Waals surface area contributed by atoms with E-state index in [1.165, 1.54) is 36.4 Å². The quantitative estimate of drug-likeness (QED) is 0.0684. The molecule has 0 aliphatic carbocycles. The van der Waals surface area contributed by atoms with E-state index in [-0.39, 0.29) is 6.61 Å². The molecule has 0 aliphatic heterocycles. The maximum absolute atomic E-state index is 14.2. The third-order valence-corrected chi connectivity index (χ3v) is 12.6. The van der Waals surface area contributed by atoms with E-state index >= 15 is 0 Å². The molecule has 6 aromatic rings. The molecule has 0 aliphatic rings. The van der Waals surface area contributed by atoms with Gasteiger partial charge in [-0.25, -0.2) is 13.2 Å². The summed E-state index contributed by atoms with van der Waals surface area (Å²) in [6.07, 6.45) is 0.829. The van der Waals surface area contributed by atoms with Gasteiger partial charge in [0.25, 0.3) is 0 Å². The molecule has 3 nitrogen and oxygen atoms in total. The first-order valence-electron chi connectivity index (χ1n) is 16.2. The molecule has 254 valence electrons. The SMILES string of the molecule is OB(OCCCC(c1ccc(F)cc1)(c1ccc(F)cc1)c1ccc(F)cc1)OS(Cc1ccc(Br)cc1)(c1ccccc1)c1ccccc1. The molecule has 0 atom stereocenters. The van der Waals surface area contributed by atoms with E-state index in [1.54, 1.807) is 36.4 Å². The first-order valence-corrected chi connectivity index (χ1v) is 18.7. The summed E-state index contributed by atoms with van der Waals surface area (Å²) in [5.41, 5.74) is 2.38. The molecule has 0 amide bonds. The van der Waals surface area contributed by atoms with Gasteiger partial charge in [0.15, 0.2) is 0 Å². The monoisotopic (exact) mass is 754 g/mol. The summed E-state index contributed by atoms with van der Waals surface area (Å²) in [6, 6.07) is 46.3. The molecule has 1 N–H and O–H groups in total. The second kappa shape index (κ2) is 16.3. The van der Waals surface area contributed by atoms with Crippen molar-refractivity contribution in [3.05, 3.63) is 202 Å². The lowest BCUT2D eigenvalue weighted by Crippen LogP contribution is -2.31. The molecule has 0 radical (unpaired) electrons. The largest absolute Gasteiger partial charge is 0.647 e. The Kier molecular flexibility index (Phi) is 11.6. The number of hydrogen-bond acceptors (Lipinski definition) is 3.